The van der Waals surface area contributed by atoms with Crippen LogP contribution < -0.4 is 20.1 Å². The number of benzene rings is 2. The molecular formula is C24H30N4O3S. The van der Waals surface area contributed by atoms with Crippen molar-refractivity contribution in [2.45, 2.75) is 37.9 Å². The van der Waals surface area contributed by atoms with Crippen molar-refractivity contribution < 1.29 is 14.3 Å². The van der Waals surface area contributed by atoms with Gasteiger partial charge in [-0.05, 0) is 49.6 Å². The van der Waals surface area contributed by atoms with Crippen LogP contribution >= 0.6 is 11.8 Å². The number of nitrogens with one attached hydrogen (secondary N) is 2. The minimum atomic E-state index is -0.0101. The first kappa shape index (κ1) is 23.7. The van der Waals surface area contributed by atoms with Crippen LogP contribution in [-0.4, -0.2) is 48.4 Å². The molecule has 32 heavy (non-hydrogen) atoms. The molecule has 1 atom stereocenters. The number of methoxy groups -OCH3 is 2. The first-order valence-corrected chi connectivity index (χ1v) is 11.7. The lowest BCUT2D eigenvalue weighted by Crippen LogP contribution is -2.33. The second kappa shape index (κ2) is 11.6. The molecule has 0 saturated carbocycles. The lowest BCUT2D eigenvalue weighted by Gasteiger charge is -2.13. The van der Waals surface area contributed by atoms with Crippen molar-refractivity contribution in [1.82, 2.24) is 15.3 Å². The maximum atomic E-state index is 12.1. The van der Waals surface area contributed by atoms with Gasteiger partial charge in [0.1, 0.15) is 5.82 Å². The van der Waals surface area contributed by atoms with E-state index in [9.17, 15) is 4.79 Å². The van der Waals surface area contributed by atoms with Gasteiger partial charge in [0.15, 0.2) is 16.7 Å². The summed E-state index contributed by atoms with van der Waals surface area (Å²) in [5.41, 5.74) is 1.98. The zero-order valence-electron chi connectivity index (χ0n) is 19.0. The summed E-state index contributed by atoms with van der Waals surface area (Å²) in [6.45, 7) is 4.73. The molecule has 0 fully saturated rings. The molecule has 0 aliphatic carbocycles. The molecule has 0 bridgehead atoms. The number of amides is 1. The molecule has 3 aromatic rings. The molecule has 7 nitrogen and oxygen atoms in total. The predicted octanol–water partition coefficient (Wildman–Crippen LogP) is 4.31. The van der Waals surface area contributed by atoms with Gasteiger partial charge in [0.05, 0.1) is 25.5 Å². The molecule has 2 N–H and O–H groups in total. The summed E-state index contributed by atoms with van der Waals surface area (Å²) in [6.07, 6.45) is 1.69. The van der Waals surface area contributed by atoms with E-state index in [1.54, 1.807) is 14.2 Å². The van der Waals surface area contributed by atoms with E-state index >= 15 is 0 Å². The Bertz CT molecular complexity index is 1060. The Kier molecular flexibility index (Phi) is 8.56. The Morgan fingerprint density at radius 1 is 1.09 bits per heavy atom. The topological polar surface area (TPSA) is 85.4 Å². The van der Waals surface area contributed by atoms with Gasteiger partial charge in [-0.25, -0.2) is 9.97 Å². The quantitative estimate of drug-likeness (QED) is 0.330. The lowest BCUT2D eigenvalue weighted by atomic mass is 10.1. The van der Waals surface area contributed by atoms with Crippen molar-refractivity contribution in [3.8, 4) is 11.5 Å². The van der Waals surface area contributed by atoms with Crippen molar-refractivity contribution in [3.05, 3.63) is 48.0 Å². The van der Waals surface area contributed by atoms with E-state index < -0.39 is 0 Å². The molecule has 0 aliphatic heterocycles. The Morgan fingerprint density at radius 2 is 1.88 bits per heavy atom. The summed E-state index contributed by atoms with van der Waals surface area (Å²) in [6, 6.07) is 14.0. The van der Waals surface area contributed by atoms with Crippen molar-refractivity contribution in [2.24, 2.45) is 0 Å². The molecule has 1 amide bonds. The number of thioether (sulfide) groups is 1. The van der Waals surface area contributed by atoms with Crippen LogP contribution in [0.5, 0.6) is 11.5 Å². The molecular weight excluding hydrogens is 424 g/mol. The molecule has 0 saturated heterocycles. The van der Waals surface area contributed by atoms with Gasteiger partial charge >= 0.3 is 0 Å². The second-order valence-corrected chi connectivity index (χ2v) is 8.35. The first-order chi connectivity index (χ1) is 15.5. The minimum absolute atomic E-state index is 0.0101. The number of fused-ring (bicyclic) bond motifs is 1. The Hall–Kier alpha value is -3.00. The molecule has 1 heterocycles. The lowest BCUT2D eigenvalue weighted by molar-refractivity contribution is -0.119. The monoisotopic (exact) mass is 454 g/mol. The van der Waals surface area contributed by atoms with Crippen LogP contribution in [-0.2, 0) is 11.2 Å². The smallest absolute Gasteiger partial charge is 0.230 e. The molecule has 8 heteroatoms. The van der Waals surface area contributed by atoms with Gasteiger partial charge in [-0.3, -0.25) is 4.79 Å². The third-order valence-corrected chi connectivity index (χ3v) is 5.94. The standard InChI is InChI=1S/C24H30N4O3S/c1-5-16(2)26-22(29)15-32-24-27-19-9-7-6-8-18(19)23(28-24)25-13-12-17-10-11-20(30-3)21(14-17)31-4/h6-11,14,16H,5,12-13,15H2,1-4H3,(H,26,29)(H,25,27,28)/t16-/m1/s1. The van der Waals surface area contributed by atoms with Crippen LogP contribution in [0.4, 0.5) is 5.82 Å². The van der Waals surface area contributed by atoms with E-state index in [2.05, 4.69) is 20.6 Å². The third-order valence-electron chi connectivity index (χ3n) is 5.09. The van der Waals surface area contributed by atoms with Crippen LogP contribution in [0.15, 0.2) is 47.6 Å². The van der Waals surface area contributed by atoms with Gasteiger partial charge in [-0.15, -0.1) is 0 Å². The van der Waals surface area contributed by atoms with E-state index in [1.807, 2.05) is 56.3 Å². The van der Waals surface area contributed by atoms with Gasteiger partial charge in [0.25, 0.3) is 0 Å². The van der Waals surface area contributed by atoms with Gasteiger partial charge in [-0.2, -0.15) is 0 Å². The van der Waals surface area contributed by atoms with Crippen LogP contribution in [0.25, 0.3) is 10.9 Å². The fourth-order valence-corrected chi connectivity index (χ4v) is 3.83. The number of para-hydroxylation sites is 1. The fourth-order valence-electron chi connectivity index (χ4n) is 3.16. The normalized spacial score (nSPS) is 11.8. The predicted molar refractivity (Wildman–Crippen MR) is 130 cm³/mol. The number of anilines is 1. The highest BCUT2D eigenvalue weighted by atomic mass is 32.2. The average molecular weight is 455 g/mol. The minimum Gasteiger partial charge on any atom is -0.493 e. The maximum Gasteiger partial charge on any atom is 0.230 e. The van der Waals surface area contributed by atoms with Crippen LogP contribution in [0.3, 0.4) is 0 Å². The zero-order chi connectivity index (χ0) is 22.9. The molecule has 3 rings (SSSR count). The van der Waals surface area contributed by atoms with Gasteiger partial charge in [0, 0.05) is 18.0 Å². The van der Waals surface area contributed by atoms with E-state index in [1.165, 1.54) is 11.8 Å². The van der Waals surface area contributed by atoms with E-state index in [-0.39, 0.29) is 17.7 Å². The van der Waals surface area contributed by atoms with Crippen molar-refractivity contribution in [3.63, 3.8) is 0 Å². The summed E-state index contributed by atoms with van der Waals surface area (Å²) >= 11 is 1.34. The molecule has 0 radical (unpaired) electrons. The van der Waals surface area contributed by atoms with E-state index in [4.69, 9.17) is 9.47 Å². The third kappa shape index (κ3) is 6.26. The molecule has 1 aromatic heterocycles. The maximum absolute atomic E-state index is 12.1. The second-order valence-electron chi connectivity index (χ2n) is 7.40. The number of aromatic nitrogens is 2. The highest BCUT2D eigenvalue weighted by Crippen LogP contribution is 2.28. The van der Waals surface area contributed by atoms with E-state index in [0.29, 0.717) is 23.2 Å². The van der Waals surface area contributed by atoms with Gasteiger partial charge < -0.3 is 20.1 Å². The SMILES string of the molecule is CC[C@@H](C)NC(=O)CSc1nc(NCCc2ccc(OC)c(OC)c2)c2ccccc2n1. The van der Waals surface area contributed by atoms with Crippen molar-refractivity contribution in [1.29, 1.82) is 0 Å². The number of hydrogen-bond acceptors (Lipinski definition) is 7. The van der Waals surface area contributed by atoms with Crippen LogP contribution in [0.1, 0.15) is 25.8 Å². The number of carbonyl (C=O) groups excluding carboxylic acids is 1. The van der Waals surface area contributed by atoms with Crippen molar-refractivity contribution >= 4 is 34.4 Å². The summed E-state index contributed by atoms with van der Waals surface area (Å²) in [4.78, 5) is 21.4. The zero-order valence-corrected chi connectivity index (χ0v) is 19.8. The molecule has 170 valence electrons. The Morgan fingerprint density at radius 3 is 2.62 bits per heavy atom. The van der Waals surface area contributed by atoms with Gasteiger partial charge in [0.2, 0.25) is 5.91 Å². The number of nitrogens with zero attached hydrogens (tertiary/aromatic N) is 2. The highest BCUT2D eigenvalue weighted by Gasteiger charge is 2.12. The number of rotatable bonds is 11. The first-order valence-electron chi connectivity index (χ1n) is 10.7. The summed E-state index contributed by atoms with van der Waals surface area (Å²) < 4.78 is 10.7. The van der Waals surface area contributed by atoms with Crippen LogP contribution in [0.2, 0.25) is 0 Å². The number of hydrogen-bond donors (Lipinski definition) is 2. The van der Waals surface area contributed by atoms with Crippen molar-refractivity contribution in [2.75, 3.05) is 31.8 Å². The summed E-state index contributed by atoms with van der Waals surface area (Å²) in [7, 11) is 3.26. The molecule has 2 aromatic carbocycles. The molecule has 0 spiro atoms. The summed E-state index contributed by atoms with van der Waals surface area (Å²) in [5, 5.41) is 7.94. The Labute approximate surface area is 193 Å². The molecule has 0 aliphatic rings. The average Bonchev–Trinajstić information content (AvgIpc) is 2.82. The largest absolute Gasteiger partial charge is 0.493 e. The van der Waals surface area contributed by atoms with Gasteiger partial charge in [-0.1, -0.05) is 36.9 Å². The van der Waals surface area contributed by atoms with E-state index in [0.717, 1.165) is 35.1 Å². The highest BCUT2D eigenvalue weighted by molar-refractivity contribution is 7.99. The summed E-state index contributed by atoms with van der Waals surface area (Å²) in [5.74, 6) is 2.47. The number of carbonyl (C=O) groups is 1. The fraction of sp³-hybridized carbons (Fsp3) is 0.375. The molecule has 0 unspecified atom stereocenters. The number of ether oxygens (including phenoxy) is 2. The van der Waals surface area contributed by atoms with Crippen LogP contribution in [0, 0.1) is 0 Å². The Balaban J connectivity index is 1.69.